The minimum Gasteiger partial charge on any atom is -0.0861 e. The van der Waals surface area contributed by atoms with Crippen molar-refractivity contribution in [1.82, 2.24) is 0 Å². The molecule has 2 heteroatoms. The molecule has 14 heavy (non-hydrogen) atoms. The molecule has 0 amide bonds. The summed E-state index contributed by atoms with van der Waals surface area (Å²) >= 11 is 6.33. The number of hydrogen-bond acceptors (Lipinski definition) is 0. The highest BCUT2D eigenvalue weighted by molar-refractivity contribution is 8.02. The van der Waals surface area contributed by atoms with Crippen molar-refractivity contribution in [3.63, 3.8) is 0 Å². The van der Waals surface area contributed by atoms with Crippen LogP contribution >= 0.6 is 18.5 Å². The van der Waals surface area contributed by atoms with Gasteiger partial charge in [-0.3, -0.25) is 0 Å². The van der Waals surface area contributed by atoms with Gasteiger partial charge in [-0.1, -0.05) is 62.3 Å². The lowest BCUT2D eigenvalue weighted by Gasteiger charge is -2.12. The summed E-state index contributed by atoms with van der Waals surface area (Å²) in [4.78, 5) is 0. The van der Waals surface area contributed by atoms with Crippen molar-refractivity contribution in [1.29, 1.82) is 0 Å². The van der Waals surface area contributed by atoms with Gasteiger partial charge >= 0.3 is 0 Å². The summed E-state index contributed by atoms with van der Waals surface area (Å²) in [6.45, 7) is 6.70. The molecule has 0 bridgehead atoms. The molecule has 0 saturated carbocycles. The third kappa shape index (κ3) is 1.74. The van der Waals surface area contributed by atoms with Crippen molar-refractivity contribution in [2.45, 2.75) is 20.8 Å². The normalized spacial score (nSPS) is 21.3. The Morgan fingerprint density at radius 3 is 2.07 bits per heavy atom. The molecule has 0 aromatic heterocycles. The Balaban J connectivity index is 2.35. The Morgan fingerprint density at radius 2 is 1.64 bits per heavy atom. The molecule has 0 saturated heterocycles. The molecule has 2 rings (SSSR count). The number of halogens is 1. The lowest BCUT2D eigenvalue weighted by atomic mass is 9.95. The molecular formula is C12H14ClP. The van der Waals surface area contributed by atoms with Crippen LogP contribution in [0.1, 0.15) is 26.3 Å². The van der Waals surface area contributed by atoms with Gasteiger partial charge in [0.1, 0.15) is 0 Å². The highest BCUT2D eigenvalue weighted by Gasteiger charge is 2.42. The zero-order valence-electron chi connectivity index (χ0n) is 8.71. The van der Waals surface area contributed by atoms with E-state index in [2.05, 4.69) is 45.0 Å². The molecule has 0 radical (unpaired) electrons. The first-order chi connectivity index (χ1) is 6.52. The molecule has 1 aromatic carbocycles. The lowest BCUT2D eigenvalue weighted by molar-refractivity contribution is 0.540. The highest BCUT2D eigenvalue weighted by Crippen LogP contribution is 2.81. The number of benzene rings is 1. The second kappa shape index (κ2) is 3.36. The molecule has 1 aliphatic heterocycles. The summed E-state index contributed by atoms with van der Waals surface area (Å²) in [7, 11) is -0.456. The summed E-state index contributed by atoms with van der Waals surface area (Å²) in [5, 5.41) is 2.86. The van der Waals surface area contributed by atoms with E-state index in [4.69, 9.17) is 11.2 Å². The van der Waals surface area contributed by atoms with E-state index in [0.717, 1.165) is 0 Å². The fourth-order valence-electron chi connectivity index (χ4n) is 1.64. The van der Waals surface area contributed by atoms with Gasteiger partial charge in [-0.05, 0) is 16.3 Å². The van der Waals surface area contributed by atoms with Crippen molar-refractivity contribution in [3.8, 4) is 0 Å². The molecule has 0 nitrogen and oxygen atoms in total. The van der Waals surface area contributed by atoms with Crippen LogP contribution < -0.4 is 0 Å². The molecule has 0 fully saturated rings. The minimum atomic E-state index is -0.456. The summed E-state index contributed by atoms with van der Waals surface area (Å²) < 4.78 is 0. The third-order valence-electron chi connectivity index (χ3n) is 2.32. The van der Waals surface area contributed by atoms with E-state index < -0.39 is 7.27 Å². The summed E-state index contributed by atoms with van der Waals surface area (Å²) in [6.07, 6.45) is 0. The van der Waals surface area contributed by atoms with Gasteiger partial charge in [-0.15, -0.1) is 0 Å². The Kier molecular flexibility index (Phi) is 2.45. The fourth-order valence-corrected chi connectivity index (χ4v) is 5.12. The Labute approximate surface area is 91.5 Å². The fraction of sp³-hybridized carbons (Fsp3) is 0.333. The van der Waals surface area contributed by atoms with Gasteiger partial charge in [-0.25, -0.2) is 0 Å². The molecule has 0 unspecified atom stereocenters. The Bertz CT molecular complexity index is 373. The first-order valence-corrected chi connectivity index (χ1v) is 7.02. The van der Waals surface area contributed by atoms with Gasteiger partial charge in [-0.2, -0.15) is 0 Å². The van der Waals surface area contributed by atoms with E-state index in [1.807, 2.05) is 6.07 Å². The van der Waals surface area contributed by atoms with Crippen LogP contribution in [0.25, 0.3) is 5.31 Å². The smallest absolute Gasteiger partial charge is 0.0505 e. The van der Waals surface area contributed by atoms with Crippen LogP contribution in [0.5, 0.6) is 0 Å². The summed E-state index contributed by atoms with van der Waals surface area (Å²) in [5.41, 5.74) is 1.54. The number of allylic oxidation sites excluding steroid dienone is 1. The number of hydrogen-bond donors (Lipinski definition) is 0. The van der Waals surface area contributed by atoms with E-state index in [-0.39, 0.29) is 5.41 Å². The zero-order valence-corrected chi connectivity index (χ0v) is 10.4. The lowest BCUT2D eigenvalue weighted by Crippen LogP contribution is -2.00. The molecule has 74 valence electrons. The predicted molar refractivity (Wildman–Crippen MR) is 65.6 cm³/mol. The largest absolute Gasteiger partial charge is 0.0861 e. The quantitative estimate of drug-likeness (QED) is 0.586. The molecule has 0 spiro atoms. The maximum absolute atomic E-state index is 6.33. The van der Waals surface area contributed by atoms with Crippen LogP contribution in [0.15, 0.2) is 35.6 Å². The third-order valence-corrected chi connectivity index (χ3v) is 5.28. The average molecular weight is 225 g/mol. The van der Waals surface area contributed by atoms with E-state index in [1.165, 1.54) is 16.2 Å². The maximum atomic E-state index is 6.33. The summed E-state index contributed by atoms with van der Waals surface area (Å²) in [6, 6.07) is 10.5. The standard InChI is InChI=1S/C12H14ClP/c1-12(2,3)11-10(14(11)13)9-7-5-4-6-8-9/h4-8H,1-3H3/t14-/m1/s1. The highest BCUT2D eigenvalue weighted by atomic mass is 35.7. The van der Waals surface area contributed by atoms with Crippen LogP contribution in [0.4, 0.5) is 0 Å². The first kappa shape index (κ1) is 10.2. The van der Waals surface area contributed by atoms with E-state index in [9.17, 15) is 0 Å². The monoisotopic (exact) mass is 224 g/mol. The second-order valence-corrected chi connectivity index (χ2v) is 7.06. The van der Waals surface area contributed by atoms with Crippen molar-refractivity contribution in [2.24, 2.45) is 5.41 Å². The Hall–Kier alpha value is -0.320. The van der Waals surface area contributed by atoms with Crippen molar-refractivity contribution in [2.75, 3.05) is 0 Å². The molecular weight excluding hydrogens is 211 g/mol. The molecule has 0 aliphatic carbocycles. The van der Waals surface area contributed by atoms with Crippen molar-refractivity contribution >= 4 is 23.8 Å². The Morgan fingerprint density at radius 1 is 1.07 bits per heavy atom. The van der Waals surface area contributed by atoms with Gasteiger partial charge in [0.2, 0.25) is 0 Å². The van der Waals surface area contributed by atoms with Gasteiger partial charge in [0.05, 0.1) is 7.27 Å². The average Bonchev–Trinajstić information content (AvgIpc) is 2.78. The van der Waals surface area contributed by atoms with E-state index in [1.54, 1.807) is 0 Å². The molecule has 1 heterocycles. The van der Waals surface area contributed by atoms with Crippen LogP contribution in [-0.2, 0) is 0 Å². The predicted octanol–water partition coefficient (Wildman–Crippen LogP) is 5.05. The van der Waals surface area contributed by atoms with Crippen molar-refractivity contribution in [3.05, 3.63) is 41.2 Å². The number of rotatable bonds is 1. The maximum Gasteiger partial charge on any atom is 0.0505 e. The topological polar surface area (TPSA) is 0 Å². The van der Waals surface area contributed by atoms with Gasteiger partial charge in [0, 0.05) is 5.31 Å². The first-order valence-electron chi connectivity index (χ1n) is 4.78. The SMILES string of the molecule is CC(C)(C)C1=C(c2ccccc2)[P@@]1Cl. The van der Waals surface area contributed by atoms with Crippen LogP contribution in [0, 0.1) is 5.41 Å². The van der Waals surface area contributed by atoms with E-state index in [0.29, 0.717) is 0 Å². The van der Waals surface area contributed by atoms with Crippen LogP contribution in [0.2, 0.25) is 0 Å². The van der Waals surface area contributed by atoms with E-state index >= 15 is 0 Å². The molecule has 1 aliphatic rings. The second-order valence-electron chi connectivity index (χ2n) is 4.59. The van der Waals surface area contributed by atoms with Gasteiger partial charge in [0.25, 0.3) is 0 Å². The minimum absolute atomic E-state index is 0.235. The van der Waals surface area contributed by atoms with Crippen LogP contribution in [-0.4, -0.2) is 0 Å². The van der Waals surface area contributed by atoms with Gasteiger partial charge < -0.3 is 0 Å². The zero-order chi connectivity index (χ0) is 10.3. The summed E-state index contributed by atoms with van der Waals surface area (Å²) in [5.74, 6) is 0. The molecule has 1 aromatic rings. The van der Waals surface area contributed by atoms with Gasteiger partial charge in [0.15, 0.2) is 0 Å². The van der Waals surface area contributed by atoms with Crippen molar-refractivity contribution < 1.29 is 0 Å². The van der Waals surface area contributed by atoms with Crippen LogP contribution in [0.3, 0.4) is 0 Å². The molecule has 1 atom stereocenters. The molecule has 0 N–H and O–H groups in total.